The first-order valence-electron chi connectivity index (χ1n) is 4.80. The van der Waals surface area contributed by atoms with Crippen molar-refractivity contribution in [2.75, 3.05) is 13.2 Å². The van der Waals surface area contributed by atoms with Crippen LogP contribution in [0.25, 0.3) is 0 Å². The Morgan fingerprint density at radius 2 is 1.81 bits per heavy atom. The Kier molecular flexibility index (Phi) is 4.18. The standard InChI is InChI=1S/C11H13F3O2/c1-8-2-4-10(5-3-8)16-7-9(6-15)11(12,13)14/h2-5,9,15H,6-7H2,1H3. The highest BCUT2D eigenvalue weighted by Gasteiger charge is 2.39. The van der Waals surface area contributed by atoms with Crippen LogP contribution in [0.2, 0.25) is 0 Å². The summed E-state index contributed by atoms with van der Waals surface area (Å²) < 4.78 is 41.7. The van der Waals surface area contributed by atoms with E-state index < -0.39 is 25.3 Å². The maximum Gasteiger partial charge on any atom is 0.397 e. The fraction of sp³-hybridized carbons (Fsp3) is 0.455. The molecule has 0 saturated heterocycles. The van der Waals surface area contributed by atoms with Crippen LogP contribution in [0, 0.1) is 12.8 Å². The van der Waals surface area contributed by atoms with Crippen molar-refractivity contribution in [2.24, 2.45) is 5.92 Å². The van der Waals surface area contributed by atoms with Crippen LogP contribution in [0.15, 0.2) is 24.3 Å². The summed E-state index contributed by atoms with van der Waals surface area (Å²) in [4.78, 5) is 0. The number of rotatable bonds is 4. The van der Waals surface area contributed by atoms with Gasteiger partial charge in [0, 0.05) is 0 Å². The van der Waals surface area contributed by atoms with Crippen molar-refractivity contribution >= 4 is 0 Å². The Labute approximate surface area is 91.7 Å². The van der Waals surface area contributed by atoms with E-state index in [-0.39, 0.29) is 0 Å². The number of aryl methyl sites for hydroxylation is 1. The van der Waals surface area contributed by atoms with Crippen LogP contribution in [0.3, 0.4) is 0 Å². The Balaban J connectivity index is 2.53. The average molecular weight is 234 g/mol. The molecule has 90 valence electrons. The van der Waals surface area contributed by atoms with E-state index in [0.717, 1.165) is 5.56 Å². The third-order valence-corrected chi connectivity index (χ3v) is 2.16. The molecule has 1 aromatic rings. The molecule has 1 rings (SSSR count). The number of hydrogen-bond acceptors (Lipinski definition) is 2. The quantitative estimate of drug-likeness (QED) is 0.867. The van der Waals surface area contributed by atoms with E-state index in [1.54, 1.807) is 24.3 Å². The minimum Gasteiger partial charge on any atom is -0.493 e. The monoisotopic (exact) mass is 234 g/mol. The van der Waals surface area contributed by atoms with Crippen molar-refractivity contribution in [3.63, 3.8) is 0 Å². The molecule has 1 aromatic carbocycles. The zero-order valence-corrected chi connectivity index (χ0v) is 8.79. The number of alkyl halides is 3. The second kappa shape index (κ2) is 5.21. The van der Waals surface area contributed by atoms with Gasteiger partial charge in [-0.15, -0.1) is 0 Å². The summed E-state index contributed by atoms with van der Waals surface area (Å²) in [6.07, 6.45) is -4.43. The van der Waals surface area contributed by atoms with Crippen LogP contribution in [-0.4, -0.2) is 24.5 Å². The van der Waals surface area contributed by atoms with Crippen LogP contribution in [0.4, 0.5) is 13.2 Å². The minimum absolute atomic E-state index is 0.369. The zero-order valence-electron chi connectivity index (χ0n) is 8.79. The summed E-state index contributed by atoms with van der Waals surface area (Å²) in [6.45, 7) is 0.342. The maximum atomic E-state index is 12.2. The van der Waals surface area contributed by atoms with Crippen molar-refractivity contribution in [1.29, 1.82) is 0 Å². The van der Waals surface area contributed by atoms with E-state index in [1.807, 2.05) is 6.92 Å². The van der Waals surface area contributed by atoms with Gasteiger partial charge in [0.05, 0.1) is 6.61 Å². The second-order valence-electron chi connectivity index (χ2n) is 3.55. The lowest BCUT2D eigenvalue weighted by Gasteiger charge is -2.18. The highest BCUT2D eigenvalue weighted by Crippen LogP contribution is 2.26. The highest BCUT2D eigenvalue weighted by atomic mass is 19.4. The van der Waals surface area contributed by atoms with Crippen LogP contribution in [0.5, 0.6) is 5.75 Å². The van der Waals surface area contributed by atoms with E-state index in [4.69, 9.17) is 9.84 Å². The molecule has 0 aliphatic heterocycles. The summed E-state index contributed by atoms with van der Waals surface area (Å²) in [5.74, 6) is -1.47. The van der Waals surface area contributed by atoms with Crippen LogP contribution in [-0.2, 0) is 0 Å². The smallest absolute Gasteiger partial charge is 0.397 e. The number of aliphatic hydroxyl groups is 1. The molecule has 1 atom stereocenters. The van der Waals surface area contributed by atoms with Gasteiger partial charge in [-0.2, -0.15) is 13.2 Å². The largest absolute Gasteiger partial charge is 0.493 e. The van der Waals surface area contributed by atoms with Gasteiger partial charge >= 0.3 is 6.18 Å². The van der Waals surface area contributed by atoms with Gasteiger partial charge < -0.3 is 9.84 Å². The van der Waals surface area contributed by atoms with E-state index in [1.165, 1.54) is 0 Å². The Hall–Kier alpha value is -1.23. The van der Waals surface area contributed by atoms with Crippen molar-refractivity contribution in [3.05, 3.63) is 29.8 Å². The lowest BCUT2D eigenvalue weighted by atomic mass is 10.1. The molecule has 16 heavy (non-hydrogen) atoms. The second-order valence-corrected chi connectivity index (χ2v) is 3.55. The maximum absolute atomic E-state index is 12.2. The van der Waals surface area contributed by atoms with Gasteiger partial charge in [-0.1, -0.05) is 17.7 Å². The Morgan fingerprint density at radius 3 is 2.25 bits per heavy atom. The third-order valence-electron chi connectivity index (χ3n) is 2.16. The predicted octanol–water partition coefficient (Wildman–Crippen LogP) is 2.54. The first-order valence-corrected chi connectivity index (χ1v) is 4.80. The van der Waals surface area contributed by atoms with E-state index in [2.05, 4.69) is 0 Å². The minimum atomic E-state index is -4.43. The van der Waals surface area contributed by atoms with E-state index in [9.17, 15) is 13.2 Å². The van der Waals surface area contributed by atoms with Gasteiger partial charge in [0.15, 0.2) is 0 Å². The molecule has 0 aromatic heterocycles. The lowest BCUT2D eigenvalue weighted by Crippen LogP contribution is -2.31. The molecule has 0 spiro atoms. The summed E-state index contributed by atoms with van der Waals surface area (Å²) in [7, 11) is 0. The van der Waals surface area contributed by atoms with Crippen molar-refractivity contribution < 1.29 is 23.0 Å². The molecule has 0 amide bonds. The Bertz CT molecular complexity index is 319. The number of aliphatic hydroxyl groups excluding tert-OH is 1. The number of hydrogen-bond donors (Lipinski definition) is 1. The summed E-state index contributed by atoms with van der Waals surface area (Å²) in [6, 6.07) is 6.69. The molecule has 0 bridgehead atoms. The fourth-order valence-electron chi connectivity index (χ4n) is 1.08. The van der Waals surface area contributed by atoms with Gasteiger partial charge in [-0.05, 0) is 19.1 Å². The zero-order chi connectivity index (χ0) is 12.2. The molecular weight excluding hydrogens is 221 g/mol. The molecule has 0 aliphatic carbocycles. The number of ether oxygens (including phenoxy) is 1. The van der Waals surface area contributed by atoms with Gasteiger partial charge in [-0.3, -0.25) is 0 Å². The molecule has 1 N–H and O–H groups in total. The van der Waals surface area contributed by atoms with Crippen LogP contribution >= 0.6 is 0 Å². The van der Waals surface area contributed by atoms with Crippen molar-refractivity contribution in [1.82, 2.24) is 0 Å². The number of benzene rings is 1. The molecule has 1 unspecified atom stereocenters. The molecule has 0 saturated carbocycles. The third kappa shape index (κ3) is 3.73. The highest BCUT2D eigenvalue weighted by molar-refractivity contribution is 5.26. The summed E-state index contributed by atoms with van der Waals surface area (Å²) in [5.41, 5.74) is 1.00. The van der Waals surface area contributed by atoms with Crippen LogP contribution in [0.1, 0.15) is 5.56 Å². The van der Waals surface area contributed by atoms with Crippen molar-refractivity contribution in [2.45, 2.75) is 13.1 Å². The molecule has 0 radical (unpaired) electrons. The molecule has 0 aliphatic rings. The van der Waals surface area contributed by atoms with Gasteiger partial charge in [-0.25, -0.2) is 0 Å². The van der Waals surface area contributed by atoms with E-state index in [0.29, 0.717) is 5.75 Å². The SMILES string of the molecule is Cc1ccc(OCC(CO)C(F)(F)F)cc1. The normalized spacial score (nSPS) is 13.6. The predicted molar refractivity (Wildman–Crippen MR) is 53.3 cm³/mol. The Morgan fingerprint density at radius 1 is 1.25 bits per heavy atom. The number of halogens is 3. The summed E-state index contributed by atoms with van der Waals surface area (Å²) >= 11 is 0. The van der Waals surface area contributed by atoms with Gasteiger partial charge in [0.2, 0.25) is 0 Å². The molecule has 2 nitrogen and oxygen atoms in total. The topological polar surface area (TPSA) is 29.5 Å². The molecule has 0 heterocycles. The molecular formula is C11H13F3O2. The molecule has 5 heteroatoms. The molecule has 0 fully saturated rings. The van der Waals surface area contributed by atoms with Crippen molar-refractivity contribution in [3.8, 4) is 5.75 Å². The average Bonchev–Trinajstić information content (AvgIpc) is 2.19. The first-order chi connectivity index (χ1) is 7.43. The lowest BCUT2D eigenvalue weighted by molar-refractivity contribution is -0.190. The van der Waals surface area contributed by atoms with Gasteiger partial charge in [0.25, 0.3) is 0 Å². The summed E-state index contributed by atoms with van der Waals surface area (Å²) in [5, 5.41) is 8.58. The first kappa shape index (κ1) is 12.8. The van der Waals surface area contributed by atoms with Gasteiger partial charge in [0.1, 0.15) is 18.3 Å². The van der Waals surface area contributed by atoms with E-state index >= 15 is 0 Å². The van der Waals surface area contributed by atoms with Crippen LogP contribution < -0.4 is 4.74 Å². The fourth-order valence-corrected chi connectivity index (χ4v) is 1.08.